The van der Waals surface area contributed by atoms with Crippen molar-refractivity contribution in [2.75, 3.05) is 86.6 Å². The van der Waals surface area contributed by atoms with Gasteiger partial charge < -0.3 is 108 Å². The number of ether oxygens (including phenoxy) is 4. The van der Waals surface area contributed by atoms with Crippen molar-refractivity contribution in [2.45, 2.75) is 254 Å². The first-order valence-corrected chi connectivity index (χ1v) is 45.9. The maximum absolute atomic E-state index is 14.7. The third-order valence-corrected chi connectivity index (χ3v) is 21.9. The molecule has 130 heavy (non-hydrogen) atoms. The van der Waals surface area contributed by atoms with Crippen molar-refractivity contribution in [3.05, 3.63) is 107 Å². The van der Waals surface area contributed by atoms with E-state index in [1.54, 1.807) is 67.7 Å². The summed E-state index contributed by atoms with van der Waals surface area (Å²) in [7, 11) is -2.03. The third kappa shape index (κ3) is 46.6. The third-order valence-electron chi connectivity index (χ3n) is 21.2. The highest BCUT2D eigenvalue weighted by atomic mass is 32.2. The van der Waals surface area contributed by atoms with Gasteiger partial charge in [-0.05, 0) is 60.4 Å². The summed E-state index contributed by atoms with van der Waals surface area (Å²) >= 11 is 0. The normalized spacial score (nSPS) is 13.1. The van der Waals surface area contributed by atoms with E-state index in [-0.39, 0.29) is 129 Å². The highest BCUT2D eigenvalue weighted by Gasteiger charge is 2.40. The maximum atomic E-state index is 14.7. The molecule has 8 atom stereocenters. The van der Waals surface area contributed by atoms with Gasteiger partial charge in [-0.3, -0.25) is 71.7 Å². The number of carbonyl (C=O) groups is 16. The molecule has 17 N–H and O–H groups in total. The van der Waals surface area contributed by atoms with Crippen LogP contribution in [0.25, 0.3) is 10.9 Å². The maximum Gasteiger partial charge on any atom is 0.326 e. The van der Waals surface area contributed by atoms with E-state index in [1.807, 2.05) is 6.92 Å². The van der Waals surface area contributed by atoms with Gasteiger partial charge in [0.1, 0.15) is 67.3 Å². The number of carboxylic acids is 4. The van der Waals surface area contributed by atoms with Crippen molar-refractivity contribution in [2.24, 2.45) is 5.73 Å². The number of amides is 12. The number of fused-ring (bicyclic) bond motifs is 1. The molecule has 41 heteroatoms. The quantitative estimate of drug-likeness (QED) is 0.0222. The van der Waals surface area contributed by atoms with Crippen LogP contribution in [0.15, 0.2) is 85.1 Å². The van der Waals surface area contributed by atoms with Crippen molar-refractivity contribution in [1.29, 1.82) is 0 Å². The number of benzene rings is 3. The number of primary amides is 1. The summed E-state index contributed by atoms with van der Waals surface area (Å²) in [6.45, 7) is 1.91. The van der Waals surface area contributed by atoms with Crippen molar-refractivity contribution in [3.8, 4) is 0 Å². The first kappa shape index (κ1) is 111. The van der Waals surface area contributed by atoms with E-state index in [0.717, 1.165) is 67.6 Å². The second-order valence-corrected chi connectivity index (χ2v) is 33.3. The number of nitrogens with one attached hydrogen (secondary N) is 10. The molecule has 1 heterocycles. The number of unbranched alkanes of at least 4 members (excludes halogenated alkanes) is 15. The van der Waals surface area contributed by atoms with Gasteiger partial charge in [-0.1, -0.05) is 189 Å². The lowest BCUT2D eigenvalue weighted by Crippen LogP contribution is -2.59. The number of para-hydroxylation sites is 1. The average Bonchev–Trinajstić information content (AvgIpc) is 1.52. The summed E-state index contributed by atoms with van der Waals surface area (Å²) in [6.07, 6.45) is 15.4. The number of carbonyl (C=O) groups excluding carboxylic acids is 12. The van der Waals surface area contributed by atoms with Crippen LogP contribution in [0.1, 0.15) is 203 Å². The SMILES string of the molecule is CCCC[C@H](NC(=O)[C@H](Cc1ccc(CS(=O)(=O)O)cc1)NC(=O)C[C@H](NC(=O)COCCOCCNC(=O)COCCOCCNC(=O)CC[C@H](NC(=O)CCCCCCCCCCCCCCCCC(=O)O)C(=O)O)C(=O)O)C(=O)NCC(=O)N[C@@H](Cc1c[nH]c2ccccc12)C(=O)N[C@@H](CCCC)C(=O)N(C)[C@H](CC(=O)O)C(=O)N(C)[C@@H](Cc1ccccc1)C(N)=O. The average molecular weight is 1850 g/mol. The minimum atomic E-state index is -4.48. The van der Waals surface area contributed by atoms with Gasteiger partial charge in [0.2, 0.25) is 70.9 Å². The molecule has 0 bridgehead atoms. The fourth-order valence-electron chi connectivity index (χ4n) is 14.0. The number of likely N-dealkylation sites (N-methyl/N-ethyl adjacent to an activating group) is 2. The van der Waals surface area contributed by atoms with Crippen LogP contribution in [0.3, 0.4) is 0 Å². The smallest absolute Gasteiger partial charge is 0.326 e. The molecule has 12 amide bonds. The van der Waals surface area contributed by atoms with Crippen LogP contribution in [-0.4, -0.2) is 278 Å². The van der Waals surface area contributed by atoms with Crippen LogP contribution in [0.4, 0.5) is 0 Å². The Morgan fingerprint density at radius 1 is 0.408 bits per heavy atom. The van der Waals surface area contributed by atoms with Gasteiger partial charge in [-0.2, -0.15) is 8.42 Å². The molecule has 0 aliphatic rings. The van der Waals surface area contributed by atoms with Crippen molar-refractivity contribution < 1.29 is 129 Å². The fourth-order valence-corrected chi connectivity index (χ4v) is 14.6. The van der Waals surface area contributed by atoms with Crippen LogP contribution in [0, 0.1) is 0 Å². The summed E-state index contributed by atoms with van der Waals surface area (Å²) in [5.41, 5.74) is 8.06. The van der Waals surface area contributed by atoms with E-state index in [0.29, 0.717) is 59.7 Å². The Labute approximate surface area is 757 Å². The number of carboxylic acid groups (broad SMARTS) is 4. The number of nitrogens with two attached hydrogens (primary N) is 1. The van der Waals surface area contributed by atoms with Gasteiger partial charge in [0, 0.05) is 82.8 Å². The first-order valence-electron chi connectivity index (χ1n) is 44.3. The molecular formula is C89H133N13O27S. The summed E-state index contributed by atoms with van der Waals surface area (Å²) in [6, 6.07) is 9.06. The highest BCUT2D eigenvalue weighted by molar-refractivity contribution is 7.85. The number of aromatic nitrogens is 1. The Kier molecular flexibility index (Phi) is 53.4. The van der Waals surface area contributed by atoms with E-state index in [2.05, 4.69) is 52.8 Å². The zero-order chi connectivity index (χ0) is 95.8. The first-order chi connectivity index (χ1) is 62.1. The number of aliphatic carboxylic acids is 4. The largest absolute Gasteiger partial charge is 0.481 e. The predicted octanol–water partition coefficient (Wildman–Crippen LogP) is 3.57. The number of H-pyrrole nitrogens is 1. The van der Waals surface area contributed by atoms with Crippen molar-refractivity contribution in [1.82, 2.24) is 62.6 Å². The minimum Gasteiger partial charge on any atom is -0.481 e. The number of nitrogens with zero attached hydrogens (tertiary/aromatic N) is 2. The van der Waals surface area contributed by atoms with E-state index < -0.39 is 179 Å². The van der Waals surface area contributed by atoms with Gasteiger partial charge in [-0.15, -0.1) is 0 Å². The molecule has 722 valence electrons. The Morgan fingerprint density at radius 2 is 0.885 bits per heavy atom. The molecule has 0 aliphatic carbocycles. The topological polar surface area (TPSA) is 602 Å². The van der Waals surface area contributed by atoms with E-state index >= 15 is 0 Å². The van der Waals surface area contributed by atoms with E-state index in [9.17, 15) is 105 Å². The lowest BCUT2D eigenvalue weighted by molar-refractivity contribution is -0.152. The second-order valence-electron chi connectivity index (χ2n) is 31.8. The summed E-state index contributed by atoms with van der Waals surface area (Å²) in [4.78, 5) is 216. The zero-order valence-corrected chi connectivity index (χ0v) is 75.6. The molecule has 0 fully saturated rings. The second kappa shape index (κ2) is 62.7. The molecule has 3 aromatic carbocycles. The number of hydrogen-bond donors (Lipinski definition) is 16. The lowest BCUT2D eigenvalue weighted by atomic mass is 10.0. The van der Waals surface area contributed by atoms with Gasteiger partial charge in [-0.25, -0.2) is 9.59 Å². The molecule has 4 rings (SSSR count). The standard InChI is InChI=1S/C89H133N13O27S/c1-5-7-31-66(83(114)94-56-77(106)97-70(52-63-55-93-65-33-27-26-30-64(63)65)85(116)100-67(32-8-6-2)86(117)102(4)73(54-81(111)112)87(118)101(3)72(82(90)113)51-60-28-22-21-23-29-60)99-84(115)69(50-61-36-38-62(39-37-61)59-130(123,124)125)96-76(105)53-71(89(121)122)98-79(108)58-129-49-47-127-45-43-92-78(107)57-128-48-46-126-44-42-91-74(103)41-40-68(88(119)120)95-75(104)34-24-19-17-15-13-11-9-10-12-14-16-18-20-25-35-80(109)110/h21-23,26-30,33,36-39,55,66-73,93H,5-20,24-25,31-32,34-35,40-54,56-59H2,1-4H3,(H2,90,113)(H,91,103)(H,92,107)(H,94,114)(H,95,104)(H,96,105)(H,97,106)(H,98,108)(H,99,115)(H,100,116)(H,109,110)(H,111,112)(H,119,120)(H,121,122)(H,123,124,125)/t66-,67-,68-,69-,70-,71-,72-,73+/m0/s1. The van der Waals surface area contributed by atoms with Gasteiger partial charge in [0.15, 0.2) is 0 Å². The molecule has 0 radical (unpaired) electrons. The summed E-state index contributed by atoms with van der Waals surface area (Å²) in [5, 5.41) is 62.0. The van der Waals surface area contributed by atoms with E-state index in [4.69, 9.17) is 29.8 Å². The van der Waals surface area contributed by atoms with Crippen LogP contribution in [0.5, 0.6) is 0 Å². The number of hydrogen-bond acceptors (Lipinski definition) is 22. The van der Waals surface area contributed by atoms with Gasteiger partial charge >= 0.3 is 23.9 Å². The molecule has 0 saturated heterocycles. The number of rotatable bonds is 72. The molecule has 4 aromatic rings. The van der Waals surface area contributed by atoms with Crippen LogP contribution in [-0.2, 0) is 131 Å². The Balaban J connectivity index is 1.24. The van der Waals surface area contributed by atoms with Crippen LogP contribution < -0.4 is 53.6 Å². The number of aromatic amines is 1. The molecule has 40 nitrogen and oxygen atoms in total. The zero-order valence-electron chi connectivity index (χ0n) is 74.8. The summed E-state index contributed by atoms with van der Waals surface area (Å²) < 4.78 is 54.4. The summed E-state index contributed by atoms with van der Waals surface area (Å²) in [5.74, 6) is -15.7. The highest BCUT2D eigenvalue weighted by Crippen LogP contribution is 2.22. The lowest BCUT2D eigenvalue weighted by Gasteiger charge is -2.35. The molecule has 0 saturated carbocycles. The fraction of sp³-hybridized carbons (Fsp3) is 0.596. The molecular weight excluding hydrogens is 1720 g/mol. The van der Waals surface area contributed by atoms with Crippen LogP contribution in [0.2, 0.25) is 0 Å². The Bertz CT molecular complexity index is 4370. The van der Waals surface area contributed by atoms with E-state index in [1.165, 1.54) is 64.0 Å². The monoisotopic (exact) mass is 1850 g/mol. The van der Waals surface area contributed by atoms with Gasteiger partial charge in [0.05, 0.1) is 59.0 Å². The molecule has 0 aliphatic heterocycles. The van der Waals surface area contributed by atoms with Crippen molar-refractivity contribution >= 4 is 116 Å². The predicted molar refractivity (Wildman–Crippen MR) is 476 cm³/mol. The molecule has 1 aromatic heterocycles. The van der Waals surface area contributed by atoms with Crippen LogP contribution >= 0.6 is 0 Å². The minimum absolute atomic E-state index is 0.00934. The van der Waals surface area contributed by atoms with Crippen molar-refractivity contribution in [3.63, 3.8) is 0 Å². The molecule has 0 unspecified atom stereocenters. The Hall–Kier alpha value is -11.5. The Morgan fingerprint density at radius 3 is 1.44 bits per heavy atom. The van der Waals surface area contributed by atoms with Gasteiger partial charge in [0.25, 0.3) is 10.1 Å². The molecule has 0 spiro atoms.